The SMILES string of the molecule is O=c1ccc(-c2ccncc2)nn1CC1CCN(c2ncnc3c2CCCCC3)CC1. The van der Waals surface area contributed by atoms with Gasteiger partial charge in [-0.2, -0.15) is 5.10 Å². The zero-order valence-corrected chi connectivity index (χ0v) is 17.8. The Hall–Kier alpha value is -3.09. The maximum Gasteiger partial charge on any atom is 0.266 e. The van der Waals surface area contributed by atoms with Crippen molar-refractivity contribution in [3.63, 3.8) is 0 Å². The first-order valence-corrected chi connectivity index (χ1v) is 11.3. The number of anilines is 1. The highest BCUT2D eigenvalue weighted by Gasteiger charge is 2.25. The van der Waals surface area contributed by atoms with E-state index in [1.807, 2.05) is 12.1 Å². The Bertz CT molecular complexity index is 1090. The summed E-state index contributed by atoms with van der Waals surface area (Å²) in [6.45, 7) is 2.59. The zero-order chi connectivity index (χ0) is 21.0. The van der Waals surface area contributed by atoms with E-state index >= 15 is 0 Å². The van der Waals surface area contributed by atoms with Gasteiger partial charge in [0.2, 0.25) is 0 Å². The van der Waals surface area contributed by atoms with Crippen molar-refractivity contribution in [3.05, 3.63) is 64.6 Å². The van der Waals surface area contributed by atoms with Gasteiger partial charge in [0.1, 0.15) is 12.1 Å². The van der Waals surface area contributed by atoms with E-state index in [1.54, 1.807) is 35.5 Å². The summed E-state index contributed by atoms with van der Waals surface area (Å²) in [6.07, 6.45) is 13.2. The number of rotatable bonds is 4. The van der Waals surface area contributed by atoms with Crippen LogP contribution in [0.15, 0.2) is 47.8 Å². The topological polar surface area (TPSA) is 76.8 Å². The van der Waals surface area contributed by atoms with Gasteiger partial charge in [-0.15, -0.1) is 0 Å². The van der Waals surface area contributed by atoms with Gasteiger partial charge >= 0.3 is 0 Å². The lowest BCUT2D eigenvalue weighted by Crippen LogP contribution is -2.38. The molecule has 1 aliphatic carbocycles. The molecule has 0 atom stereocenters. The Morgan fingerprint density at radius 3 is 2.58 bits per heavy atom. The van der Waals surface area contributed by atoms with Gasteiger partial charge in [0.15, 0.2) is 0 Å². The minimum Gasteiger partial charge on any atom is -0.356 e. The number of pyridine rings is 1. The molecule has 1 fully saturated rings. The Kier molecular flexibility index (Phi) is 5.74. The molecule has 0 amide bonds. The highest BCUT2D eigenvalue weighted by Crippen LogP contribution is 2.30. The lowest BCUT2D eigenvalue weighted by atomic mass is 9.96. The fourth-order valence-corrected chi connectivity index (χ4v) is 4.78. The molecule has 0 aromatic carbocycles. The summed E-state index contributed by atoms with van der Waals surface area (Å²) < 4.78 is 1.63. The van der Waals surface area contributed by atoms with Crippen molar-refractivity contribution in [2.24, 2.45) is 5.92 Å². The number of aryl methyl sites for hydroxylation is 1. The molecule has 2 aliphatic rings. The van der Waals surface area contributed by atoms with Gasteiger partial charge in [-0.05, 0) is 62.6 Å². The molecule has 7 heteroatoms. The molecule has 0 saturated carbocycles. The molecule has 160 valence electrons. The van der Waals surface area contributed by atoms with E-state index < -0.39 is 0 Å². The average Bonchev–Trinajstić information content (AvgIpc) is 3.07. The number of hydrogen-bond acceptors (Lipinski definition) is 6. The molecule has 0 spiro atoms. The molecule has 4 heterocycles. The van der Waals surface area contributed by atoms with Gasteiger partial charge in [0, 0.05) is 54.9 Å². The molecular formula is C24H28N6O. The predicted octanol–water partition coefficient (Wildman–Crippen LogP) is 3.28. The molecule has 0 N–H and O–H groups in total. The molecule has 1 aliphatic heterocycles. The molecule has 5 rings (SSSR count). The van der Waals surface area contributed by atoms with Crippen molar-refractivity contribution in [2.45, 2.75) is 51.5 Å². The van der Waals surface area contributed by atoms with Crippen LogP contribution in [0.25, 0.3) is 11.3 Å². The van der Waals surface area contributed by atoms with Gasteiger partial charge in [-0.1, -0.05) is 6.42 Å². The lowest BCUT2D eigenvalue weighted by Gasteiger charge is -2.34. The van der Waals surface area contributed by atoms with Gasteiger partial charge < -0.3 is 4.90 Å². The van der Waals surface area contributed by atoms with E-state index in [1.165, 1.54) is 30.5 Å². The summed E-state index contributed by atoms with van der Waals surface area (Å²) in [5.41, 5.74) is 4.35. The van der Waals surface area contributed by atoms with Crippen molar-refractivity contribution in [1.82, 2.24) is 24.7 Å². The predicted molar refractivity (Wildman–Crippen MR) is 120 cm³/mol. The van der Waals surface area contributed by atoms with E-state index in [-0.39, 0.29) is 5.56 Å². The number of piperidine rings is 1. The highest BCUT2D eigenvalue weighted by atomic mass is 16.1. The minimum absolute atomic E-state index is 0.0404. The van der Waals surface area contributed by atoms with Crippen molar-refractivity contribution in [3.8, 4) is 11.3 Å². The monoisotopic (exact) mass is 416 g/mol. The fourth-order valence-electron chi connectivity index (χ4n) is 4.78. The standard InChI is InChI=1S/C24H28N6O/c31-23-7-6-21(19-8-12-25-13-9-19)28-30(23)16-18-10-14-29(15-11-18)24-20-4-2-1-3-5-22(20)26-17-27-24/h6-9,12-13,17-18H,1-5,10-11,14-16H2. The van der Waals surface area contributed by atoms with Crippen LogP contribution in [0.5, 0.6) is 0 Å². The third-order valence-corrected chi connectivity index (χ3v) is 6.54. The molecule has 1 saturated heterocycles. The van der Waals surface area contributed by atoms with Gasteiger partial charge in [0.05, 0.1) is 5.69 Å². The quantitative estimate of drug-likeness (QED) is 0.608. The molecule has 0 radical (unpaired) electrons. The first kappa shape index (κ1) is 19.8. The largest absolute Gasteiger partial charge is 0.356 e. The Morgan fingerprint density at radius 2 is 1.74 bits per heavy atom. The summed E-state index contributed by atoms with van der Waals surface area (Å²) in [7, 11) is 0. The second-order valence-electron chi connectivity index (χ2n) is 8.59. The molecule has 0 unspecified atom stereocenters. The highest BCUT2D eigenvalue weighted by molar-refractivity contribution is 5.57. The molecular weight excluding hydrogens is 388 g/mol. The van der Waals surface area contributed by atoms with E-state index in [2.05, 4.69) is 25.0 Å². The van der Waals surface area contributed by atoms with Crippen LogP contribution in [-0.2, 0) is 19.4 Å². The second-order valence-corrected chi connectivity index (χ2v) is 8.59. The van der Waals surface area contributed by atoms with E-state index in [4.69, 9.17) is 0 Å². The fraction of sp³-hybridized carbons (Fsp3) is 0.458. The van der Waals surface area contributed by atoms with E-state index in [0.29, 0.717) is 12.5 Å². The maximum atomic E-state index is 12.4. The Labute approximate surface area is 182 Å². The summed E-state index contributed by atoms with van der Waals surface area (Å²) in [6, 6.07) is 7.24. The lowest BCUT2D eigenvalue weighted by molar-refractivity contribution is 0.334. The van der Waals surface area contributed by atoms with Crippen molar-refractivity contribution in [2.75, 3.05) is 18.0 Å². The first-order chi connectivity index (χ1) is 15.3. The van der Waals surface area contributed by atoms with Crippen LogP contribution >= 0.6 is 0 Å². The summed E-state index contributed by atoms with van der Waals surface area (Å²) >= 11 is 0. The molecule has 3 aromatic heterocycles. The smallest absolute Gasteiger partial charge is 0.266 e. The minimum atomic E-state index is -0.0404. The van der Waals surface area contributed by atoms with Crippen LogP contribution in [-0.4, -0.2) is 37.8 Å². The van der Waals surface area contributed by atoms with Crippen LogP contribution in [0, 0.1) is 5.92 Å². The van der Waals surface area contributed by atoms with Crippen molar-refractivity contribution in [1.29, 1.82) is 0 Å². The van der Waals surface area contributed by atoms with Crippen LogP contribution in [0.4, 0.5) is 5.82 Å². The Balaban J connectivity index is 1.28. The van der Waals surface area contributed by atoms with Crippen LogP contribution in [0.1, 0.15) is 43.4 Å². The number of fused-ring (bicyclic) bond motifs is 1. The second kappa shape index (κ2) is 8.96. The molecule has 0 bridgehead atoms. The van der Waals surface area contributed by atoms with Crippen LogP contribution < -0.4 is 10.5 Å². The van der Waals surface area contributed by atoms with Gasteiger partial charge in [-0.25, -0.2) is 14.6 Å². The van der Waals surface area contributed by atoms with Gasteiger partial charge in [-0.3, -0.25) is 9.78 Å². The number of aromatic nitrogens is 5. The molecule has 3 aromatic rings. The van der Waals surface area contributed by atoms with Crippen LogP contribution in [0.3, 0.4) is 0 Å². The van der Waals surface area contributed by atoms with Crippen LogP contribution in [0.2, 0.25) is 0 Å². The first-order valence-electron chi connectivity index (χ1n) is 11.3. The van der Waals surface area contributed by atoms with Gasteiger partial charge in [0.25, 0.3) is 5.56 Å². The van der Waals surface area contributed by atoms with E-state index in [0.717, 1.165) is 55.8 Å². The number of nitrogens with zero attached hydrogens (tertiary/aromatic N) is 6. The normalized spacial score (nSPS) is 17.2. The summed E-state index contributed by atoms with van der Waals surface area (Å²) in [5.74, 6) is 1.58. The number of hydrogen-bond donors (Lipinski definition) is 0. The summed E-state index contributed by atoms with van der Waals surface area (Å²) in [5, 5.41) is 4.62. The molecule has 7 nitrogen and oxygen atoms in total. The average molecular weight is 417 g/mol. The van der Waals surface area contributed by atoms with Crippen molar-refractivity contribution < 1.29 is 0 Å². The van der Waals surface area contributed by atoms with E-state index in [9.17, 15) is 4.79 Å². The molecule has 31 heavy (non-hydrogen) atoms. The Morgan fingerprint density at radius 1 is 0.935 bits per heavy atom. The third kappa shape index (κ3) is 4.36. The summed E-state index contributed by atoms with van der Waals surface area (Å²) in [4.78, 5) is 28.1. The maximum absolute atomic E-state index is 12.4. The third-order valence-electron chi connectivity index (χ3n) is 6.54. The zero-order valence-electron chi connectivity index (χ0n) is 17.8. The van der Waals surface area contributed by atoms with Crippen molar-refractivity contribution >= 4 is 5.82 Å².